The molecule has 0 aliphatic carbocycles. The Labute approximate surface area is 99.0 Å². The van der Waals surface area contributed by atoms with Crippen LogP contribution in [0.25, 0.3) is 0 Å². The van der Waals surface area contributed by atoms with Gasteiger partial charge in [0.05, 0.1) is 26.4 Å². The van der Waals surface area contributed by atoms with Gasteiger partial charge in [0, 0.05) is 0 Å². The molecule has 17 heavy (non-hydrogen) atoms. The SMILES string of the molecule is C=C1C(=C)[C@@H]2O[C@H]1[C@H](C(=O)OC)[C@H]2C(=O)OC. The number of esters is 2. The van der Waals surface area contributed by atoms with Gasteiger partial charge in [0.1, 0.15) is 11.8 Å². The van der Waals surface area contributed by atoms with E-state index in [2.05, 4.69) is 13.2 Å². The first-order valence-corrected chi connectivity index (χ1v) is 5.22. The number of carbonyl (C=O) groups is 2. The van der Waals surface area contributed by atoms with Gasteiger partial charge in [-0.15, -0.1) is 0 Å². The van der Waals surface area contributed by atoms with Gasteiger partial charge in [-0.05, 0) is 11.1 Å². The highest BCUT2D eigenvalue weighted by molar-refractivity contribution is 5.86. The quantitative estimate of drug-likeness (QED) is 0.654. The van der Waals surface area contributed by atoms with Crippen LogP contribution in [0.3, 0.4) is 0 Å². The van der Waals surface area contributed by atoms with Crippen LogP contribution in [0.4, 0.5) is 0 Å². The van der Waals surface area contributed by atoms with Crippen molar-refractivity contribution in [2.45, 2.75) is 12.2 Å². The molecule has 2 heterocycles. The van der Waals surface area contributed by atoms with Gasteiger partial charge in [0.2, 0.25) is 0 Å². The van der Waals surface area contributed by atoms with Gasteiger partial charge in [-0.2, -0.15) is 0 Å². The minimum absolute atomic E-state index is 0.485. The third-order valence-corrected chi connectivity index (χ3v) is 3.38. The molecule has 2 bridgehead atoms. The fourth-order valence-corrected chi connectivity index (χ4v) is 2.48. The van der Waals surface area contributed by atoms with Gasteiger partial charge >= 0.3 is 11.9 Å². The Balaban J connectivity index is 2.36. The van der Waals surface area contributed by atoms with Crippen LogP contribution in [0.2, 0.25) is 0 Å². The summed E-state index contributed by atoms with van der Waals surface area (Å²) in [6.07, 6.45) is -1.05. The molecular formula is C12H14O5. The van der Waals surface area contributed by atoms with Gasteiger partial charge < -0.3 is 14.2 Å². The highest BCUT2D eigenvalue weighted by Gasteiger charge is 2.59. The van der Waals surface area contributed by atoms with E-state index in [1.54, 1.807) is 0 Å². The second kappa shape index (κ2) is 4.00. The van der Waals surface area contributed by atoms with Crippen LogP contribution in [-0.2, 0) is 23.8 Å². The number of carbonyl (C=O) groups excluding carboxylic acids is 2. The monoisotopic (exact) mass is 238 g/mol. The van der Waals surface area contributed by atoms with Crippen molar-refractivity contribution < 1.29 is 23.8 Å². The third-order valence-electron chi connectivity index (χ3n) is 3.38. The molecule has 2 rings (SSSR count). The molecule has 2 aliphatic heterocycles. The lowest BCUT2D eigenvalue weighted by Crippen LogP contribution is -2.41. The highest BCUT2D eigenvalue weighted by Crippen LogP contribution is 2.49. The van der Waals surface area contributed by atoms with E-state index < -0.39 is 36.0 Å². The molecule has 0 N–H and O–H groups in total. The summed E-state index contributed by atoms with van der Waals surface area (Å²) in [5.41, 5.74) is 1.32. The fraction of sp³-hybridized carbons (Fsp3) is 0.500. The zero-order valence-corrected chi connectivity index (χ0v) is 9.76. The summed E-state index contributed by atoms with van der Waals surface area (Å²) in [5.74, 6) is -2.34. The molecule has 2 saturated heterocycles. The Kier molecular flexibility index (Phi) is 2.79. The van der Waals surface area contributed by atoms with Crippen molar-refractivity contribution in [2.24, 2.45) is 11.8 Å². The van der Waals surface area contributed by atoms with E-state index in [-0.39, 0.29) is 0 Å². The average molecular weight is 238 g/mol. The van der Waals surface area contributed by atoms with Gasteiger partial charge in [-0.25, -0.2) is 0 Å². The molecule has 0 aromatic rings. The Morgan fingerprint density at radius 2 is 1.35 bits per heavy atom. The Morgan fingerprint density at radius 1 is 1.00 bits per heavy atom. The van der Waals surface area contributed by atoms with Crippen LogP contribution in [0.15, 0.2) is 24.3 Å². The second-order valence-electron chi connectivity index (χ2n) is 4.13. The number of ether oxygens (including phenoxy) is 3. The summed E-state index contributed by atoms with van der Waals surface area (Å²) in [5, 5.41) is 0. The Hall–Kier alpha value is -1.62. The van der Waals surface area contributed by atoms with E-state index in [0.717, 1.165) is 0 Å². The maximum atomic E-state index is 11.7. The van der Waals surface area contributed by atoms with Gasteiger partial charge in [-0.1, -0.05) is 13.2 Å². The van der Waals surface area contributed by atoms with Crippen molar-refractivity contribution in [3.63, 3.8) is 0 Å². The summed E-state index contributed by atoms with van der Waals surface area (Å²) >= 11 is 0. The van der Waals surface area contributed by atoms with Crippen molar-refractivity contribution >= 4 is 11.9 Å². The van der Waals surface area contributed by atoms with Gasteiger partial charge in [-0.3, -0.25) is 9.59 Å². The largest absolute Gasteiger partial charge is 0.469 e. The molecule has 0 amide bonds. The lowest BCUT2D eigenvalue weighted by atomic mass is 9.75. The Morgan fingerprint density at radius 3 is 1.65 bits per heavy atom. The predicted molar refractivity (Wildman–Crippen MR) is 58.0 cm³/mol. The first kappa shape index (κ1) is 11.9. The topological polar surface area (TPSA) is 61.8 Å². The number of fused-ring (bicyclic) bond motifs is 2. The number of methoxy groups -OCH3 is 2. The molecule has 0 unspecified atom stereocenters. The summed E-state index contributed by atoms with van der Waals surface area (Å²) in [7, 11) is 2.56. The van der Waals surface area contributed by atoms with Crippen LogP contribution in [0.1, 0.15) is 0 Å². The maximum absolute atomic E-state index is 11.7. The normalized spacial score (nSPS) is 34.9. The van der Waals surface area contributed by atoms with E-state index >= 15 is 0 Å². The van der Waals surface area contributed by atoms with Crippen LogP contribution in [-0.4, -0.2) is 38.4 Å². The number of hydrogen-bond donors (Lipinski definition) is 0. The molecular weight excluding hydrogens is 224 g/mol. The van der Waals surface area contributed by atoms with Crippen LogP contribution < -0.4 is 0 Å². The molecule has 0 aromatic carbocycles. The van der Waals surface area contributed by atoms with Crippen molar-refractivity contribution in [1.82, 2.24) is 0 Å². The molecule has 0 radical (unpaired) electrons. The smallest absolute Gasteiger partial charge is 0.312 e. The molecule has 0 spiro atoms. The zero-order chi connectivity index (χ0) is 12.7. The molecule has 4 atom stereocenters. The van der Waals surface area contributed by atoms with E-state index in [1.165, 1.54) is 14.2 Å². The van der Waals surface area contributed by atoms with Crippen LogP contribution in [0.5, 0.6) is 0 Å². The lowest BCUT2D eigenvalue weighted by Gasteiger charge is -2.26. The molecule has 5 nitrogen and oxygen atoms in total. The summed E-state index contributed by atoms with van der Waals surface area (Å²) in [6.45, 7) is 7.64. The van der Waals surface area contributed by atoms with Crippen LogP contribution in [0, 0.1) is 11.8 Å². The minimum atomic E-state index is -0.685. The van der Waals surface area contributed by atoms with Crippen molar-refractivity contribution in [2.75, 3.05) is 14.2 Å². The summed E-state index contributed by atoms with van der Waals surface area (Å²) in [6, 6.07) is 0. The predicted octanol–water partition coefficient (Wildman–Crippen LogP) is 0.458. The molecule has 2 aliphatic rings. The summed E-state index contributed by atoms with van der Waals surface area (Å²) in [4.78, 5) is 23.4. The fourth-order valence-electron chi connectivity index (χ4n) is 2.48. The molecule has 0 saturated carbocycles. The van der Waals surface area contributed by atoms with Crippen molar-refractivity contribution in [3.05, 3.63) is 24.3 Å². The first-order valence-electron chi connectivity index (χ1n) is 5.22. The van der Waals surface area contributed by atoms with E-state index in [1.807, 2.05) is 0 Å². The molecule has 0 aromatic heterocycles. The zero-order valence-electron chi connectivity index (χ0n) is 9.76. The van der Waals surface area contributed by atoms with Gasteiger partial charge in [0.25, 0.3) is 0 Å². The molecule has 5 heteroatoms. The highest BCUT2D eigenvalue weighted by atomic mass is 16.6. The van der Waals surface area contributed by atoms with Crippen LogP contribution >= 0.6 is 0 Å². The van der Waals surface area contributed by atoms with Gasteiger partial charge in [0.15, 0.2) is 0 Å². The number of hydrogen-bond acceptors (Lipinski definition) is 5. The molecule has 92 valence electrons. The third kappa shape index (κ3) is 1.50. The van der Waals surface area contributed by atoms with Crippen molar-refractivity contribution in [3.8, 4) is 0 Å². The molecule has 2 fully saturated rings. The number of rotatable bonds is 2. The van der Waals surface area contributed by atoms with E-state index in [9.17, 15) is 9.59 Å². The standard InChI is InChI=1S/C12H14O5/c1-5-6(2)10-8(12(14)16-4)7(9(5)17-10)11(13)15-3/h7-10H,1-2H2,3-4H3/t7-,8-,9-,10+/m1/s1. The Bertz CT molecular complexity index is 373. The first-order chi connectivity index (χ1) is 8.02. The minimum Gasteiger partial charge on any atom is -0.469 e. The maximum Gasteiger partial charge on any atom is 0.312 e. The average Bonchev–Trinajstić information content (AvgIpc) is 2.85. The lowest BCUT2D eigenvalue weighted by molar-refractivity contribution is -0.156. The summed E-state index contributed by atoms with van der Waals surface area (Å²) < 4.78 is 15.0. The van der Waals surface area contributed by atoms with E-state index in [4.69, 9.17) is 14.2 Å². The second-order valence-corrected chi connectivity index (χ2v) is 4.13. The van der Waals surface area contributed by atoms with Crippen molar-refractivity contribution in [1.29, 1.82) is 0 Å². The van der Waals surface area contributed by atoms with E-state index in [0.29, 0.717) is 11.1 Å².